The third-order valence-corrected chi connectivity index (χ3v) is 6.23. The first-order valence-corrected chi connectivity index (χ1v) is 11.3. The number of hydrogen-bond acceptors (Lipinski definition) is 5. The lowest BCUT2D eigenvalue weighted by Crippen LogP contribution is -2.48. The summed E-state index contributed by atoms with van der Waals surface area (Å²) >= 11 is 0. The van der Waals surface area contributed by atoms with E-state index in [0.29, 0.717) is 24.1 Å². The average Bonchev–Trinajstić information content (AvgIpc) is 3.15. The molecule has 0 radical (unpaired) electrons. The molecule has 0 saturated carbocycles. The number of amides is 1. The van der Waals surface area contributed by atoms with Gasteiger partial charge in [-0.3, -0.25) is 9.79 Å². The molecule has 0 aliphatic carbocycles. The van der Waals surface area contributed by atoms with Gasteiger partial charge in [0.25, 0.3) is 0 Å². The Morgan fingerprint density at radius 2 is 1.79 bits per heavy atom. The van der Waals surface area contributed by atoms with E-state index in [0.717, 1.165) is 43.1 Å². The summed E-state index contributed by atoms with van der Waals surface area (Å²) in [5.74, 6) is 0.892. The van der Waals surface area contributed by atoms with Crippen molar-refractivity contribution in [1.82, 2.24) is 24.5 Å². The summed E-state index contributed by atoms with van der Waals surface area (Å²) in [5, 5.41) is 9.26. The molecule has 0 bridgehead atoms. The monoisotopic (exact) mass is 445 g/mol. The number of nitrogens with zero attached hydrogens (tertiary/aromatic N) is 7. The first-order chi connectivity index (χ1) is 16.0. The number of anilines is 1. The van der Waals surface area contributed by atoms with Crippen LogP contribution in [0.15, 0.2) is 54.0 Å². The first kappa shape index (κ1) is 22.5. The third-order valence-electron chi connectivity index (χ3n) is 6.23. The SMILES string of the molecule is C=Cn1nc(-n2nc(C)c(CCC(=O)N3CCN(c4ccccc4)CC3)c2C)cc/c1=N/C. The summed E-state index contributed by atoms with van der Waals surface area (Å²) in [4.78, 5) is 21.4. The van der Waals surface area contributed by atoms with Gasteiger partial charge in [-0.2, -0.15) is 5.10 Å². The maximum absolute atomic E-state index is 12.9. The zero-order valence-corrected chi connectivity index (χ0v) is 19.6. The molecule has 3 heterocycles. The van der Waals surface area contributed by atoms with Crippen molar-refractivity contribution in [2.24, 2.45) is 4.99 Å². The Bertz CT molecular complexity index is 1200. The second-order valence-electron chi connectivity index (χ2n) is 8.17. The quantitative estimate of drug-likeness (QED) is 0.585. The fourth-order valence-corrected chi connectivity index (χ4v) is 4.35. The third kappa shape index (κ3) is 4.74. The fourth-order valence-electron chi connectivity index (χ4n) is 4.35. The van der Waals surface area contributed by atoms with Crippen LogP contribution in [0.1, 0.15) is 23.4 Å². The van der Waals surface area contributed by atoms with Crippen LogP contribution in [0.2, 0.25) is 0 Å². The van der Waals surface area contributed by atoms with Gasteiger partial charge in [-0.1, -0.05) is 24.8 Å². The molecule has 1 fully saturated rings. The Morgan fingerprint density at radius 1 is 1.06 bits per heavy atom. The summed E-state index contributed by atoms with van der Waals surface area (Å²) in [6.07, 6.45) is 2.76. The number of rotatable bonds is 6. The van der Waals surface area contributed by atoms with E-state index in [-0.39, 0.29) is 5.91 Å². The van der Waals surface area contributed by atoms with Gasteiger partial charge in [0, 0.05) is 57.2 Å². The van der Waals surface area contributed by atoms with Gasteiger partial charge >= 0.3 is 0 Å². The van der Waals surface area contributed by atoms with Gasteiger partial charge in [0.05, 0.1) is 5.69 Å². The van der Waals surface area contributed by atoms with Gasteiger partial charge in [0.2, 0.25) is 5.91 Å². The molecule has 0 N–H and O–H groups in total. The number of piperazine rings is 1. The van der Waals surface area contributed by atoms with E-state index in [1.807, 2.05) is 41.6 Å². The topological polar surface area (TPSA) is 71.6 Å². The number of carbonyl (C=O) groups excluding carboxylic acids is 1. The molecular weight excluding hydrogens is 414 g/mol. The molecule has 0 atom stereocenters. The van der Waals surface area contributed by atoms with Crippen LogP contribution in [0.3, 0.4) is 0 Å². The van der Waals surface area contributed by atoms with Crippen LogP contribution in [0.25, 0.3) is 12.0 Å². The standard InChI is InChI=1S/C25H31N7O/c1-5-31-23(26-4)12-13-24(28-31)32-20(3)22(19(2)27-32)11-14-25(33)30-17-15-29(16-18-30)21-9-7-6-8-10-21/h5-10,12-13H,1,11,14-18H2,2-4H3/b26-23-. The van der Waals surface area contributed by atoms with Crippen LogP contribution in [0.4, 0.5) is 5.69 Å². The minimum atomic E-state index is 0.200. The molecule has 1 amide bonds. The largest absolute Gasteiger partial charge is 0.368 e. The van der Waals surface area contributed by atoms with Gasteiger partial charge in [0.15, 0.2) is 5.82 Å². The number of aromatic nitrogens is 4. The van der Waals surface area contributed by atoms with Crippen LogP contribution < -0.4 is 10.4 Å². The molecule has 1 aromatic carbocycles. The second kappa shape index (κ2) is 9.85. The highest BCUT2D eigenvalue weighted by atomic mass is 16.2. The van der Waals surface area contributed by atoms with E-state index in [4.69, 9.17) is 0 Å². The van der Waals surface area contributed by atoms with Gasteiger partial charge in [-0.25, -0.2) is 9.36 Å². The van der Waals surface area contributed by atoms with E-state index in [1.54, 1.807) is 17.9 Å². The van der Waals surface area contributed by atoms with Crippen molar-refractivity contribution in [3.63, 3.8) is 0 Å². The Kier molecular flexibility index (Phi) is 6.72. The number of para-hydroxylation sites is 1. The van der Waals surface area contributed by atoms with Crippen molar-refractivity contribution in [3.8, 4) is 5.82 Å². The molecule has 1 aliphatic rings. The van der Waals surface area contributed by atoms with E-state index in [2.05, 4.69) is 50.9 Å². The number of carbonyl (C=O) groups is 1. The molecule has 1 aliphatic heterocycles. The molecule has 0 spiro atoms. The van der Waals surface area contributed by atoms with Crippen LogP contribution in [-0.2, 0) is 11.2 Å². The van der Waals surface area contributed by atoms with E-state index in [1.165, 1.54) is 5.69 Å². The van der Waals surface area contributed by atoms with Crippen molar-refractivity contribution >= 4 is 17.8 Å². The molecule has 33 heavy (non-hydrogen) atoms. The Labute approximate surface area is 194 Å². The van der Waals surface area contributed by atoms with Crippen LogP contribution in [0.5, 0.6) is 0 Å². The molecule has 2 aromatic heterocycles. The average molecular weight is 446 g/mol. The lowest BCUT2D eigenvalue weighted by molar-refractivity contribution is -0.131. The molecule has 172 valence electrons. The highest BCUT2D eigenvalue weighted by Crippen LogP contribution is 2.20. The lowest BCUT2D eigenvalue weighted by atomic mass is 10.1. The lowest BCUT2D eigenvalue weighted by Gasteiger charge is -2.36. The smallest absolute Gasteiger partial charge is 0.223 e. The number of benzene rings is 1. The molecule has 1 saturated heterocycles. The van der Waals surface area contributed by atoms with E-state index >= 15 is 0 Å². The molecule has 8 nitrogen and oxygen atoms in total. The molecule has 4 rings (SSSR count). The summed E-state index contributed by atoms with van der Waals surface area (Å²) < 4.78 is 3.46. The number of aryl methyl sites for hydroxylation is 1. The van der Waals surface area contributed by atoms with Gasteiger partial charge in [0.1, 0.15) is 5.49 Å². The summed E-state index contributed by atoms with van der Waals surface area (Å²) in [6, 6.07) is 14.2. The predicted molar refractivity (Wildman–Crippen MR) is 130 cm³/mol. The Balaban J connectivity index is 1.41. The van der Waals surface area contributed by atoms with Gasteiger partial charge < -0.3 is 9.80 Å². The van der Waals surface area contributed by atoms with E-state index in [9.17, 15) is 4.79 Å². The van der Waals surface area contributed by atoms with Crippen LogP contribution in [-0.4, -0.2) is 63.6 Å². The zero-order valence-electron chi connectivity index (χ0n) is 19.6. The van der Waals surface area contributed by atoms with Crippen molar-refractivity contribution in [2.45, 2.75) is 26.7 Å². The van der Waals surface area contributed by atoms with Gasteiger partial charge in [-0.05, 0) is 50.1 Å². The van der Waals surface area contributed by atoms with Crippen molar-refractivity contribution < 1.29 is 4.79 Å². The van der Waals surface area contributed by atoms with Crippen LogP contribution in [0, 0.1) is 13.8 Å². The molecule has 0 unspecified atom stereocenters. The minimum Gasteiger partial charge on any atom is -0.368 e. The number of hydrogen-bond donors (Lipinski definition) is 0. The molecule has 8 heteroatoms. The minimum absolute atomic E-state index is 0.200. The predicted octanol–water partition coefficient (Wildman–Crippen LogP) is 2.60. The summed E-state index contributed by atoms with van der Waals surface area (Å²) in [6.45, 7) is 11.0. The molecular formula is C25H31N7O. The zero-order chi connectivity index (χ0) is 23.4. The van der Waals surface area contributed by atoms with Crippen molar-refractivity contribution in [2.75, 3.05) is 38.1 Å². The van der Waals surface area contributed by atoms with Crippen molar-refractivity contribution in [3.05, 3.63) is 71.5 Å². The van der Waals surface area contributed by atoms with Gasteiger partial charge in [-0.15, -0.1) is 5.10 Å². The Hall–Kier alpha value is -3.68. The highest BCUT2D eigenvalue weighted by Gasteiger charge is 2.22. The fraction of sp³-hybridized carbons (Fsp3) is 0.360. The van der Waals surface area contributed by atoms with Crippen LogP contribution >= 0.6 is 0 Å². The maximum Gasteiger partial charge on any atom is 0.223 e. The summed E-state index contributed by atoms with van der Waals surface area (Å²) in [7, 11) is 1.72. The van der Waals surface area contributed by atoms with E-state index < -0.39 is 0 Å². The Morgan fingerprint density at radius 3 is 2.45 bits per heavy atom. The van der Waals surface area contributed by atoms with Crippen molar-refractivity contribution in [1.29, 1.82) is 0 Å². The normalized spacial score (nSPS) is 14.6. The summed E-state index contributed by atoms with van der Waals surface area (Å²) in [5.41, 5.74) is 4.95. The first-order valence-electron chi connectivity index (χ1n) is 11.3. The molecule has 3 aromatic rings. The highest BCUT2D eigenvalue weighted by molar-refractivity contribution is 5.77. The second-order valence-corrected chi connectivity index (χ2v) is 8.17. The maximum atomic E-state index is 12.9.